The van der Waals surface area contributed by atoms with E-state index in [0.717, 1.165) is 5.56 Å². The lowest BCUT2D eigenvalue weighted by Gasteiger charge is -2.25. The number of thioether (sulfide) groups is 1. The van der Waals surface area contributed by atoms with Crippen molar-refractivity contribution in [2.75, 3.05) is 5.75 Å². The largest absolute Gasteiger partial charge is 0.349 e. The van der Waals surface area contributed by atoms with Gasteiger partial charge in [-0.15, -0.1) is 0 Å². The fourth-order valence-electron chi connectivity index (χ4n) is 2.62. The summed E-state index contributed by atoms with van der Waals surface area (Å²) in [7, 11) is 0. The average molecular weight is 329 g/mol. The van der Waals surface area contributed by atoms with Crippen molar-refractivity contribution in [3.8, 4) is 0 Å². The predicted octanol–water partition coefficient (Wildman–Crippen LogP) is 2.15. The second-order valence-corrected chi connectivity index (χ2v) is 6.78. The lowest BCUT2D eigenvalue weighted by Crippen LogP contribution is -2.41. The molecule has 0 bridgehead atoms. The van der Waals surface area contributed by atoms with Crippen molar-refractivity contribution >= 4 is 17.7 Å². The topological polar surface area (TPSA) is 64.0 Å². The Morgan fingerprint density at radius 3 is 2.87 bits per heavy atom. The van der Waals surface area contributed by atoms with Crippen LogP contribution in [0.4, 0.5) is 0 Å². The van der Waals surface area contributed by atoms with Gasteiger partial charge in [-0.05, 0) is 19.4 Å². The molecule has 1 aromatic heterocycles. The zero-order valence-electron chi connectivity index (χ0n) is 13.2. The molecule has 1 aromatic carbocycles. The van der Waals surface area contributed by atoms with Crippen LogP contribution in [0, 0.1) is 12.8 Å². The smallest absolute Gasteiger partial charge is 0.257 e. The zero-order chi connectivity index (χ0) is 16.4. The number of aromatic nitrogens is 2. The predicted molar refractivity (Wildman–Crippen MR) is 90.4 cm³/mol. The minimum absolute atomic E-state index is 0.0205. The van der Waals surface area contributed by atoms with Gasteiger partial charge in [0.15, 0.2) is 5.16 Å². The third-order valence-electron chi connectivity index (χ3n) is 4.03. The number of hydrogen-bond donors (Lipinski definition) is 1. The number of hydrogen-bond acceptors (Lipinski definition) is 4. The van der Waals surface area contributed by atoms with Crippen LogP contribution in [-0.2, 0) is 11.3 Å². The molecular formula is C17H19N3O2S. The summed E-state index contributed by atoms with van der Waals surface area (Å²) in [6, 6.07) is 9.80. The molecule has 1 aliphatic rings. The highest BCUT2D eigenvalue weighted by Crippen LogP contribution is 2.25. The van der Waals surface area contributed by atoms with Crippen LogP contribution >= 0.6 is 11.8 Å². The summed E-state index contributed by atoms with van der Waals surface area (Å²) in [4.78, 5) is 29.0. The fourth-order valence-corrected chi connectivity index (χ4v) is 3.66. The van der Waals surface area contributed by atoms with E-state index >= 15 is 0 Å². The Balaban J connectivity index is 1.72. The molecule has 2 atom stereocenters. The summed E-state index contributed by atoms with van der Waals surface area (Å²) in [5.74, 6) is 0.399. The first-order valence-electron chi connectivity index (χ1n) is 7.61. The van der Waals surface area contributed by atoms with Gasteiger partial charge in [0, 0.05) is 24.1 Å². The SMILES string of the molecule is Cc1cnc2n(c1=O)C[C@@H](C(=O)N[C@@H](C)c1ccccc1)CS2. The molecule has 2 heterocycles. The van der Waals surface area contributed by atoms with Crippen LogP contribution in [0.25, 0.3) is 0 Å². The minimum Gasteiger partial charge on any atom is -0.349 e. The van der Waals surface area contributed by atoms with Gasteiger partial charge < -0.3 is 5.32 Å². The van der Waals surface area contributed by atoms with Crippen molar-refractivity contribution < 1.29 is 4.79 Å². The summed E-state index contributed by atoms with van der Waals surface area (Å²) >= 11 is 1.46. The monoisotopic (exact) mass is 329 g/mol. The highest BCUT2D eigenvalue weighted by molar-refractivity contribution is 7.99. The van der Waals surface area contributed by atoms with Crippen LogP contribution in [0.5, 0.6) is 0 Å². The molecule has 23 heavy (non-hydrogen) atoms. The quantitative estimate of drug-likeness (QED) is 0.877. The molecule has 120 valence electrons. The van der Waals surface area contributed by atoms with Crippen LogP contribution in [0.3, 0.4) is 0 Å². The van der Waals surface area contributed by atoms with E-state index in [2.05, 4.69) is 10.3 Å². The normalized spacial score (nSPS) is 18.1. The number of fused-ring (bicyclic) bond motifs is 1. The highest BCUT2D eigenvalue weighted by Gasteiger charge is 2.27. The molecule has 0 saturated carbocycles. The molecule has 0 saturated heterocycles. The van der Waals surface area contributed by atoms with E-state index in [1.54, 1.807) is 17.7 Å². The Kier molecular flexibility index (Phi) is 4.52. The summed E-state index contributed by atoms with van der Waals surface area (Å²) in [5, 5.41) is 3.74. The Morgan fingerprint density at radius 1 is 1.39 bits per heavy atom. The van der Waals surface area contributed by atoms with Crippen LogP contribution < -0.4 is 10.9 Å². The molecule has 0 aliphatic carbocycles. The van der Waals surface area contributed by atoms with E-state index in [4.69, 9.17) is 0 Å². The summed E-state index contributed by atoms with van der Waals surface area (Å²) in [6.07, 6.45) is 1.60. The number of aryl methyl sites for hydroxylation is 1. The molecule has 3 rings (SSSR count). The van der Waals surface area contributed by atoms with Gasteiger partial charge in [-0.25, -0.2) is 4.98 Å². The first-order chi connectivity index (χ1) is 11.1. The van der Waals surface area contributed by atoms with Crippen LogP contribution in [0.15, 0.2) is 46.5 Å². The van der Waals surface area contributed by atoms with Gasteiger partial charge in [0.25, 0.3) is 5.56 Å². The van der Waals surface area contributed by atoms with Crippen LogP contribution in [-0.4, -0.2) is 21.2 Å². The van der Waals surface area contributed by atoms with E-state index in [1.165, 1.54) is 11.8 Å². The van der Waals surface area contributed by atoms with Crippen molar-refractivity contribution in [1.29, 1.82) is 0 Å². The maximum atomic E-state index is 12.5. The number of benzene rings is 1. The maximum absolute atomic E-state index is 12.5. The van der Waals surface area contributed by atoms with Crippen molar-refractivity contribution in [1.82, 2.24) is 14.9 Å². The average Bonchev–Trinajstić information content (AvgIpc) is 2.58. The molecule has 1 N–H and O–H groups in total. The van der Waals surface area contributed by atoms with E-state index in [-0.39, 0.29) is 23.4 Å². The first kappa shape index (κ1) is 15.8. The number of nitrogens with one attached hydrogen (secondary N) is 1. The molecule has 5 nitrogen and oxygen atoms in total. The second-order valence-electron chi connectivity index (χ2n) is 5.79. The third kappa shape index (κ3) is 3.32. The lowest BCUT2D eigenvalue weighted by molar-refractivity contribution is -0.125. The number of carbonyl (C=O) groups is 1. The third-order valence-corrected chi connectivity index (χ3v) is 5.18. The Hall–Kier alpha value is -2.08. The van der Waals surface area contributed by atoms with Gasteiger partial charge in [-0.3, -0.25) is 14.2 Å². The van der Waals surface area contributed by atoms with Crippen molar-refractivity contribution in [3.05, 3.63) is 58.0 Å². The Bertz CT molecular complexity index is 773. The zero-order valence-corrected chi connectivity index (χ0v) is 14.0. The highest BCUT2D eigenvalue weighted by atomic mass is 32.2. The Labute approximate surface area is 139 Å². The van der Waals surface area contributed by atoms with Crippen molar-refractivity contribution in [2.45, 2.75) is 31.6 Å². The van der Waals surface area contributed by atoms with Crippen molar-refractivity contribution in [2.24, 2.45) is 5.92 Å². The van der Waals surface area contributed by atoms with Gasteiger partial charge in [0.1, 0.15) is 0 Å². The van der Waals surface area contributed by atoms with E-state index in [0.29, 0.717) is 23.0 Å². The van der Waals surface area contributed by atoms with E-state index in [1.807, 2.05) is 37.3 Å². The molecule has 1 amide bonds. The first-order valence-corrected chi connectivity index (χ1v) is 8.59. The van der Waals surface area contributed by atoms with Gasteiger partial charge in [0.05, 0.1) is 12.0 Å². The molecular weight excluding hydrogens is 310 g/mol. The number of nitrogens with zero attached hydrogens (tertiary/aromatic N) is 2. The molecule has 0 spiro atoms. The molecule has 0 fully saturated rings. The molecule has 0 unspecified atom stereocenters. The standard InChI is InChI=1S/C17H19N3O2S/c1-11-8-18-17-20(16(11)22)9-14(10-23-17)15(21)19-12(2)13-6-4-3-5-7-13/h3-8,12,14H,9-10H2,1-2H3,(H,19,21)/t12-,14+/m0/s1. The summed E-state index contributed by atoms with van der Waals surface area (Å²) in [6.45, 7) is 4.10. The maximum Gasteiger partial charge on any atom is 0.257 e. The van der Waals surface area contributed by atoms with Gasteiger partial charge >= 0.3 is 0 Å². The van der Waals surface area contributed by atoms with Crippen LogP contribution in [0.2, 0.25) is 0 Å². The molecule has 0 radical (unpaired) electrons. The number of carbonyl (C=O) groups excluding carboxylic acids is 1. The van der Waals surface area contributed by atoms with E-state index < -0.39 is 0 Å². The Morgan fingerprint density at radius 2 is 2.13 bits per heavy atom. The molecule has 2 aromatic rings. The van der Waals surface area contributed by atoms with Gasteiger partial charge in [-0.2, -0.15) is 0 Å². The summed E-state index contributed by atoms with van der Waals surface area (Å²) < 4.78 is 1.61. The van der Waals surface area contributed by atoms with Gasteiger partial charge in [-0.1, -0.05) is 42.1 Å². The molecule has 6 heteroatoms. The number of amides is 1. The van der Waals surface area contributed by atoms with Gasteiger partial charge in [0.2, 0.25) is 5.91 Å². The van der Waals surface area contributed by atoms with E-state index in [9.17, 15) is 9.59 Å². The van der Waals surface area contributed by atoms with Crippen molar-refractivity contribution in [3.63, 3.8) is 0 Å². The number of rotatable bonds is 3. The fraction of sp³-hybridized carbons (Fsp3) is 0.353. The lowest BCUT2D eigenvalue weighted by atomic mass is 10.1. The minimum atomic E-state index is -0.222. The summed E-state index contributed by atoms with van der Waals surface area (Å²) in [5.41, 5.74) is 1.61. The van der Waals surface area contributed by atoms with Crippen LogP contribution in [0.1, 0.15) is 24.1 Å². The molecule has 1 aliphatic heterocycles. The second kappa shape index (κ2) is 6.58.